The third-order valence-corrected chi connectivity index (χ3v) is 2.46. The van der Waals surface area contributed by atoms with Crippen LogP contribution in [0.5, 0.6) is 5.88 Å². The van der Waals surface area contributed by atoms with Crippen LogP contribution in [0.25, 0.3) is 0 Å². The zero-order valence-corrected chi connectivity index (χ0v) is 10.1. The molecule has 1 aromatic rings. The van der Waals surface area contributed by atoms with Gasteiger partial charge in [-0.3, -0.25) is 0 Å². The topological polar surface area (TPSA) is 71.5 Å². The molecule has 0 aromatic carbocycles. The van der Waals surface area contributed by atoms with Crippen molar-refractivity contribution in [3.8, 4) is 5.88 Å². The molecule has 1 unspecified atom stereocenters. The Kier molecular flexibility index (Phi) is 5.79. The second kappa shape index (κ2) is 7.14. The van der Waals surface area contributed by atoms with Gasteiger partial charge in [0.2, 0.25) is 0 Å². The standard InChI is InChI=1S/C11H17BN2O3/c1-8(15)10-5-11(17-2)14-6-9(10)3-4-13-7-12-16/h5-6,8,13,15H,3-4,7H2,1-2H3. The van der Waals surface area contributed by atoms with Crippen molar-refractivity contribution in [3.05, 3.63) is 23.4 Å². The Bertz CT molecular complexity index is 372. The van der Waals surface area contributed by atoms with E-state index in [-0.39, 0.29) is 0 Å². The van der Waals surface area contributed by atoms with E-state index >= 15 is 0 Å². The number of aliphatic hydroxyl groups is 1. The van der Waals surface area contributed by atoms with Crippen molar-refractivity contribution < 1.29 is 14.5 Å². The van der Waals surface area contributed by atoms with Crippen molar-refractivity contribution in [1.29, 1.82) is 0 Å². The SMILES string of the molecule is COc1cc(C(C)O)c(CCNCB=O)cn1. The number of pyridine rings is 1. The number of ether oxygens (including phenoxy) is 1. The number of nitrogens with zero attached hydrogens (tertiary/aromatic N) is 1. The number of rotatable bonds is 7. The van der Waals surface area contributed by atoms with Gasteiger partial charge in [-0.2, -0.15) is 0 Å². The minimum absolute atomic E-state index is 0.341. The van der Waals surface area contributed by atoms with E-state index in [2.05, 4.69) is 10.3 Å². The summed E-state index contributed by atoms with van der Waals surface area (Å²) >= 11 is 0. The average molecular weight is 236 g/mol. The van der Waals surface area contributed by atoms with Crippen molar-refractivity contribution >= 4 is 7.15 Å². The molecule has 92 valence electrons. The normalized spacial score (nSPS) is 11.9. The Balaban J connectivity index is 2.72. The number of methoxy groups -OCH3 is 1. The molecule has 0 aliphatic rings. The molecule has 0 radical (unpaired) electrons. The second-order valence-electron chi connectivity index (χ2n) is 3.72. The first-order valence-electron chi connectivity index (χ1n) is 5.54. The quantitative estimate of drug-likeness (QED) is 0.525. The van der Waals surface area contributed by atoms with Crippen molar-refractivity contribution in [2.75, 3.05) is 20.1 Å². The monoisotopic (exact) mass is 236 g/mol. The Morgan fingerprint density at radius 1 is 1.65 bits per heavy atom. The number of hydrogen-bond acceptors (Lipinski definition) is 5. The van der Waals surface area contributed by atoms with Gasteiger partial charge in [0.15, 0.2) is 0 Å². The van der Waals surface area contributed by atoms with Crippen LogP contribution in [0.1, 0.15) is 24.2 Å². The molecule has 0 saturated heterocycles. The van der Waals surface area contributed by atoms with Crippen LogP contribution in [-0.2, 0) is 11.1 Å². The van der Waals surface area contributed by atoms with Gasteiger partial charge >= 0.3 is 101 Å². The molecule has 1 aromatic heterocycles. The molecule has 0 bridgehead atoms. The molecule has 0 fully saturated rings. The third kappa shape index (κ3) is 4.24. The van der Waals surface area contributed by atoms with Gasteiger partial charge < -0.3 is 0 Å². The molecular weight excluding hydrogens is 219 g/mol. The first kappa shape index (κ1) is 13.8. The van der Waals surface area contributed by atoms with Crippen molar-refractivity contribution in [2.45, 2.75) is 19.4 Å². The van der Waals surface area contributed by atoms with Crippen LogP contribution in [0, 0.1) is 0 Å². The summed E-state index contributed by atoms with van der Waals surface area (Å²) in [5, 5.41) is 12.6. The molecule has 0 saturated carbocycles. The summed E-state index contributed by atoms with van der Waals surface area (Å²) in [5.41, 5.74) is 1.77. The molecule has 0 aliphatic carbocycles. The van der Waals surface area contributed by atoms with E-state index in [1.54, 1.807) is 26.3 Å². The molecule has 17 heavy (non-hydrogen) atoms. The maximum absolute atomic E-state index is 10.1. The zero-order chi connectivity index (χ0) is 12.7. The number of nitrogens with one attached hydrogen (secondary N) is 1. The summed E-state index contributed by atoms with van der Waals surface area (Å²) in [4.78, 5) is 4.11. The average Bonchev–Trinajstić information content (AvgIpc) is 2.34. The molecule has 1 rings (SSSR count). The first-order chi connectivity index (χ1) is 8.19. The van der Waals surface area contributed by atoms with Crippen molar-refractivity contribution in [3.63, 3.8) is 0 Å². The van der Waals surface area contributed by atoms with Crippen LogP contribution in [0.3, 0.4) is 0 Å². The van der Waals surface area contributed by atoms with Gasteiger partial charge in [0.25, 0.3) is 0 Å². The Labute approximate surface area is 101 Å². The van der Waals surface area contributed by atoms with E-state index in [1.807, 2.05) is 0 Å². The van der Waals surface area contributed by atoms with E-state index in [4.69, 9.17) is 4.74 Å². The van der Waals surface area contributed by atoms with Gasteiger partial charge in [-0.1, -0.05) is 0 Å². The van der Waals surface area contributed by atoms with E-state index in [1.165, 1.54) is 0 Å². The van der Waals surface area contributed by atoms with E-state index in [9.17, 15) is 9.81 Å². The molecule has 5 nitrogen and oxygen atoms in total. The molecule has 1 atom stereocenters. The summed E-state index contributed by atoms with van der Waals surface area (Å²) in [6.45, 7) is 2.38. The number of aromatic nitrogens is 1. The Morgan fingerprint density at radius 2 is 2.41 bits per heavy atom. The fraction of sp³-hybridized carbons (Fsp3) is 0.545. The molecule has 1 heterocycles. The third-order valence-electron chi connectivity index (χ3n) is 2.46. The van der Waals surface area contributed by atoms with E-state index in [0.717, 1.165) is 18.3 Å². The van der Waals surface area contributed by atoms with Crippen molar-refractivity contribution in [1.82, 2.24) is 10.3 Å². The number of hydrogen-bond donors (Lipinski definition) is 2. The van der Waals surface area contributed by atoms with Gasteiger partial charge in [0, 0.05) is 0 Å². The molecule has 2 N–H and O–H groups in total. The summed E-state index contributed by atoms with van der Waals surface area (Å²) in [6.07, 6.45) is 2.19. The first-order valence-corrected chi connectivity index (χ1v) is 5.54. The van der Waals surface area contributed by atoms with E-state index < -0.39 is 6.10 Å². The van der Waals surface area contributed by atoms with Gasteiger partial charge in [0.1, 0.15) is 0 Å². The summed E-state index contributed by atoms with van der Waals surface area (Å²) in [6, 6.07) is 1.74. The van der Waals surface area contributed by atoms with Crippen LogP contribution < -0.4 is 10.1 Å². The molecule has 6 heteroatoms. The van der Waals surface area contributed by atoms with Gasteiger partial charge in [0.05, 0.1) is 0 Å². The van der Waals surface area contributed by atoms with Crippen LogP contribution in [-0.4, -0.2) is 37.3 Å². The second-order valence-corrected chi connectivity index (χ2v) is 3.72. The van der Waals surface area contributed by atoms with E-state index in [0.29, 0.717) is 25.3 Å². The Morgan fingerprint density at radius 3 is 3.00 bits per heavy atom. The predicted molar refractivity (Wildman–Crippen MR) is 64.4 cm³/mol. The number of aliphatic hydroxyl groups excluding tert-OH is 1. The summed E-state index contributed by atoms with van der Waals surface area (Å²) in [7, 11) is 2.36. The summed E-state index contributed by atoms with van der Waals surface area (Å²) in [5.74, 6) is 0.491. The van der Waals surface area contributed by atoms with Gasteiger partial charge in [-0.05, 0) is 0 Å². The van der Waals surface area contributed by atoms with Gasteiger partial charge in [-0.25, -0.2) is 0 Å². The Hall–Kier alpha value is -1.27. The fourth-order valence-corrected chi connectivity index (χ4v) is 1.57. The molecule has 0 aliphatic heterocycles. The van der Waals surface area contributed by atoms with Crippen LogP contribution >= 0.6 is 0 Å². The van der Waals surface area contributed by atoms with Crippen LogP contribution in [0.15, 0.2) is 12.3 Å². The minimum atomic E-state index is -0.562. The predicted octanol–water partition coefficient (Wildman–Crippen LogP) is 0.283. The fourth-order valence-electron chi connectivity index (χ4n) is 1.57. The molecular formula is C11H17BN2O3. The van der Waals surface area contributed by atoms with Crippen LogP contribution in [0.4, 0.5) is 0 Å². The maximum atomic E-state index is 10.1. The van der Waals surface area contributed by atoms with Gasteiger partial charge in [-0.15, -0.1) is 0 Å². The van der Waals surface area contributed by atoms with Crippen LogP contribution in [0.2, 0.25) is 0 Å². The zero-order valence-electron chi connectivity index (χ0n) is 10.1. The summed E-state index contributed by atoms with van der Waals surface area (Å²) < 4.78 is 15.2. The molecule has 0 amide bonds. The van der Waals surface area contributed by atoms with Crippen molar-refractivity contribution in [2.24, 2.45) is 0 Å². The molecule has 0 spiro atoms.